The average molecular weight is 437 g/mol. The maximum atomic E-state index is 12.6. The van der Waals surface area contributed by atoms with Crippen LogP contribution in [0, 0.1) is 0 Å². The highest BCUT2D eigenvalue weighted by molar-refractivity contribution is 7.13. The lowest BCUT2D eigenvalue weighted by Crippen LogP contribution is -3.00. The summed E-state index contributed by atoms with van der Waals surface area (Å²) < 4.78 is 1.96. The van der Waals surface area contributed by atoms with Gasteiger partial charge in [0.15, 0.2) is 11.2 Å². The lowest BCUT2D eigenvalue weighted by Gasteiger charge is -2.02. The highest BCUT2D eigenvalue weighted by Crippen LogP contribution is 2.27. The molecule has 2 aromatic carbocycles. The molecule has 0 N–H and O–H groups in total. The Labute approximate surface area is 172 Å². The van der Waals surface area contributed by atoms with E-state index in [1.165, 1.54) is 0 Å². The highest BCUT2D eigenvalue weighted by Gasteiger charge is 2.20. The van der Waals surface area contributed by atoms with Crippen molar-refractivity contribution < 1.29 is 26.3 Å². The van der Waals surface area contributed by atoms with E-state index < -0.39 is 0 Å². The Morgan fingerprint density at radius 3 is 2.30 bits per heavy atom. The van der Waals surface area contributed by atoms with E-state index in [9.17, 15) is 4.79 Å². The van der Waals surface area contributed by atoms with Crippen molar-refractivity contribution in [2.75, 3.05) is 0 Å². The van der Waals surface area contributed by atoms with E-state index in [0.717, 1.165) is 27.5 Å². The van der Waals surface area contributed by atoms with E-state index in [1.807, 2.05) is 77.5 Å². The fourth-order valence-corrected chi connectivity index (χ4v) is 3.68. The number of carbonyl (C=O) groups excluding carboxylic acids is 1. The van der Waals surface area contributed by atoms with Crippen LogP contribution in [0.15, 0.2) is 90.4 Å². The topological polar surface area (TPSA) is 33.8 Å². The van der Waals surface area contributed by atoms with Crippen molar-refractivity contribution in [3.8, 4) is 22.0 Å². The van der Waals surface area contributed by atoms with Crippen molar-refractivity contribution in [2.24, 2.45) is 0 Å². The first-order valence-electron chi connectivity index (χ1n) is 8.39. The molecule has 0 aliphatic heterocycles. The smallest absolute Gasteiger partial charge is 0.241 e. The second-order valence-electron chi connectivity index (χ2n) is 5.91. The van der Waals surface area contributed by atoms with Crippen LogP contribution in [0.1, 0.15) is 10.4 Å². The second-order valence-corrected chi connectivity index (χ2v) is 6.77. The van der Waals surface area contributed by atoms with Crippen LogP contribution in [-0.4, -0.2) is 10.8 Å². The molecule has 0 amide bonds. The summed E-state index contributed by atoms with van der Waals surface area (Å²) in [6.07, 6.45) is 1.93. The molecule has 0 fully saturated rings. The largest absolute Gasteiger partial charge is 1.00 e. The lowest BCUT2D eigenvalue weighted by molar-refractivity contribution is -0.672. The first-order valence-corrected chi connectivity index (χ1v) is 9.27. The van der Waals surface area contributed by atoms with Crippen molar-refractivity contribution in [1.82, 2.24) is 4.98 Å². The Kier molecular flexibility index (Phi) is 6.27. The van der Waals surface area contributed by atoms with Gasteiger partial charge >= 0.3 is 0 Å². The number of thiazole rings is 1. The third-order valence-corrected chi connectivity index (χ3v) is 5.01. The number of halogens is 1. The first-order chi connectivity index (χ1) is 12.8. The van der Waals surface area contributed by atoms with Crippen molar-refractivity contribution in [3.05, 3.63) is 96.0 Å². The molecule has 0 aliphatic carbocycles. The number of rotatable bonds is 5. The number of Topliss-reactive ketones (excluding diaryl/α,β-unsaturated/α-hetero) is 1. The molecule has 4 aromatic rings. The lowest BCUT2D eigenvalue weighted by atomic mass is 10.1. The Balaban J connectivity index is 0.00000210. The molecule has 3 nitrogen and oxygen atoms in total. The van der Waals surface area contributed by atoms with Crippen LogP contribution in [0.25, 0.3) is 22.0 Å². The number of aromatic nitrogens is 2. The van der Waals surface area contributed by atoms with Gasteiger partial charge in [0.2, 0.25) is 18.0 Å². The fraction of sp³-hybridized carbons (Fsp3) is 0.0455. The van der Waals surface area contributed by atoms with Gasteiger partial charge in [-0.05, 0) is 6.07 Å². The van der Waals surface area contributed by atoms with Crippen molar-refractivity contribution >= 4 is 17.1 Å². The van der Waals surface area contributed by atoms with Gasteiger partial charge < -0.3 is 17.0 Å². The summed E-state index contributed by atoms with van der Waals surface area (Å²) in [5, 5.41) is 2.96. The molecule has 4 rings (SSSR count). The van der Waals surface area contributed by atoms with E-state index in [-0.39, 0.29) is 22.8 Å². The zero-order chi connectivity index (χ0) is 17.8. The number of benzene rings is 2. The second kappa shape index (κ2) is 8.84. The fourth-order valence-electron chi connectivity index (χ4n) is 2.81. The molecule has 0 spiro atoms. The standard InChI is InChI=1S/C22H17N2OS.BrH/c25-21(18-11-5-2-6-12-18)15-24-14-8-7-13-20(24)22-23-19(16-26-22)17-9-3-1-4-10-17;/h1-14,16H,15H2;1H/q+1;/p-1. The van der Waals surface area contributed by atoms with Gasteiger partial charge in [0, 0.05) is 28.6 Å². The Morgan fingerprint density at radius 2 is 1.56 bits per heavy atom. The van der Waals surface area contributed by atoms with Gasteiger partial charge in [0.25, 0.3) is 0 Å². The predicted octanol–water partition coefficient (Wildman–Crippen LogP) is 1.65. The van der Waals surface area contributed by atoms with Crippen LogP contribution >= 0.6 is 11.3 Å². The molecule has 0 atom stereocenters. The predicted molar refractivity (Wildman–Crippen MR) is 104 cm³/mol. The van der Waals surface area contributed by atoms with E-state index in [2.05, 4.69) is 17.5 Å². The SMILES string of the molecule is O=C(C[n+]1ccccc1-c1nc(-c2ccccc2)cs1)c1ccccc1.[Br-]. The molecular formula is C22H17BrN2OS. The maximum Gasteiger partial charge on any atom is 0.241 e. The molecule has 0 saturated carbocycles. The molecule has 2 heterocycles. The summed E-state index contributed by atoms with van der Waals surface area (Å²) in [4.78, 5) is 17.4. The van der Waals surface area contributed by atoms with Gasteiger partial charge in [-0.25, -0.2) is 4.98 Å². The first kappa shape index (κ1) is 19.1. The highest BCUT2D eigenvalue weighted by atomic mass is 79.9. The third kappa shape index (κ3) is 4.38. The quantitative estimate of drug-likeness (QED) is 0.352. The van der Waals surface area contributed by atoms with Crippen LogP contribution in [-0.2, 0) is 6.54 Å². The number of hydrogen-bond donors (Lipinski definition) is 0. The molecule has 0 unspecified atom stereocenters. The Hall–Kier alpha value is -2.63. The van der Waals surface area contributed by atoms with Crippen molar-refractivity contribution in [2.45, 2.75) is 6.54 Å². The van der Waals surface area contributed by atoms with Gasteiger partial charge in [-0.3, -0.25) is 4.79 Å². The summed E-state index contributed by atoms with van der Waals surface area (Å²) in [7, 11) is 0. The summed E-state index contributed by atoms with van der Waals surface area (Å²) in [5.41, 5.74) is 3.72. The number of nitrogens with zero attached hydrogens (tertiary/aromatic N) is 2. The molecule has 0 bridgehead atoms. The average Bonchev–Trinajstić information content (AvgIpc) is 3.20. The van der Waals surface area contributed by atoms with E-state index in [4.69, 9.17) is 4.98 Å². The molecule has 0 radical (unpaired) electrons. The van der Waals surface area contributed by atoms with Crippen LogP contribution in [0.3, 0.4) is 0 Å². The van der Waals surface area contributed by atoms with Crippen LogP contribution in [0.4, 0.5) is 0 Å². The zero-order valence-electron chi connectivity index (χ0n) is 14.5. The minimum Gasteiger partial charge on any atom is -1.00 e. The number of carbonyl (C=O) groups is 1. The Bertz CT molecular complexity index is 1030. The molecule has 0 saturated heterocycles. The normalized spacial score (nSPS) is 10.2. The zero-order valence-corrected chi connectivity index (χ0v) is 16.9. The minimum absolute atomic E-state index is 0. The molecule has 27 heavy (non-hydrogen) atoms. The third-order valence-electron chi connectivity index (χ3n) is 4.14. The summed E-state index contributed by atoms with van der Waals surface area (Å²) in [5.74, 6) is 0.0860. The summed E-state index contributed by atoms with van der Waals surface area (Å²) >= 11 is 1.59. The van der Waals surface area contributed by atoms with Gasteiger partial charge in [-0.1, -0.05) is 60.7 Å². The molecular weight excluding hydrogens is 420 g/mol. The minimum atomic E-state index is 0. The number of pyridine rings is 1. The van der Waals surface area contributed by atoms with E-state index in [1.54, 1.807) is 11.3 Å². The molecule has 0 aliphatic rings. The van der Waals surface area contributed by atoms with Crippen LogP contribution in [0.2, 0.25) is 0 Å². The number of hydrogen-bond acceptors (Lipinski definition) is 3. The van der Waals surface area contributed by atoms with Gasteiger partial charge in [0.1, 0.15) is 0 Å². The Morgan fingerprint density at radius 1 is 0.889 bits per heavy atom. The maximum absolute atomic E-state index is 12.6. The van der Waals surface area contributed by atoms with E-state index >= 15 is 0 Å². The van der Waals surface area contributed by atoms with Crippen LogP contribution < -0.4 is 21.5 Å². The van der Waals surface area contributed by atoms with Gasteiger partial charge in [-0.2, -0.15) is 4.57 Å². The van der Waals surface area contributed by atoms with Crippen LogP contribution in [0.5, 0.6) is 0 Å². The summed E-state index contributed by atoms with van der Waals surface area (Å²) in [6, 6.07) is 25.4. The van der Waals surface area contributed by atoms with Gasteiger partial charge in [0.05, 0.1) is 5.69 Å². The number of ketones is 1. The van der Waals surface area contributed by atoms with Crippen molar-refractivity contribution in [3.63, 3.8) is 0 Å². The van der Waals surface area contributed by atoms with E-state index in [0.29, 0.717) is 6.54 Å². The molecule has 2 aromatic heterocycles. The van der Waals surface area contributed by atoms with Crippen molar-refractivity contribution in [1.29, 1.82) is 0 Å². The molecule has 134 valence electrons. The summed E-state index contributed by atoms with van der Waals surface area (Å²) in [6.45, 7) is 0.292. The monoisotopic (exact) mass is 436 g/mol. The van der Waals surface area contributed by atoms with Gasteiger partial charge in [-0.15, -0.1) is 11.3 Å². The molecule has 5 heteroatoms.